The van der Waals surface area contributed by atoms with Gasteiger partial charge in [0.1, 0.15) is 6.10 Å². The minimum absolute atomic E-state index is 0.0555. The van der Waals surface area contributed by atoms with Crippen molar-refractivity contribution < 1.29 is 9.47 Å². The summed E-state index contributed by atoms with van der Waals surface area (Å²) >= 11 is 0. The Kier molecular flexibility index (Phi) is 3.07. The van der Waals surface area contributed by atoms with Gasteiger partial charge in [-0.2, -0.15) is 0 Å². The van der Waals surface area contributed by atoms with Gasteiger partial charge in [0.2, 0.25) is 5.95 Å². The summed E-state index contributed by atoms with van der Waals surface area (Å²) in [6, 6.07) is 0. The van der Waals surface area contributed by atoms with E-state index in [1.807, 2.05) is 20.8 Å². The minimum Gasteiger partial charge on any atom is -0.352 e. The maximum atomic E-state index is 5.65. The Morgan fingerprint density at radius 1 is 1.44 bits per heavy atom. The van der Waals surface area contributed by atoms with E-state index in [4.69, 9.17) is 9.47 Å². The van der Waals surface area contributed by atoms with Crippen molar-refractivity contribution in [3.05, 3.63) is 18.0 Å². The lowest BCUT2D eigenvalue weighted by Crippen LogP contribution is -2.26. The molecule has 0 bridgehead atoms. The normalized spacial score (nSPS) is 23.3. The fourth-order valence-corrected chi connectivity index (χ4v) is 1.55. The zero-order valence-corrected chi connectivity index (χ0v) is 9.86. The van der Waals surface area contributed by atoms with Gasteiger partial charge in [0.25, 0.3) is 0 Å². The fourth-order valence-electron chi connectivity index (χ4n) is 1.55. The SMILES string of the molecule is Cc1cnc(NCC2COC(C)(C)O2)nc1. The zero-order chi connectivity index (χ0) is 11.6. The monoisotopic (exact) mass is 223 g/mol. The molecular weight excluding hydrogens is 206 g/mol. The molecule has 0 aromatic carbocycles. The molecule has 5 nitrogen and oxygen atoms in total. The Morgan fingerprint density at radius 3 is 2.69 bits per heavy atom. The predicted octanol–water partition coefficient (Wildman–Crippen LogP) is 1.35. The van der Waals surface area contributed by atoms with Gasteiger partial charge in [-0.1, -0.05) is 0 Å². The molecule has 16 heavy (non-hydrogen) atoms. The summed E-state index contributed by atoms with van der Waals surface area (Å²) in [6.45, 7) is 7.04. The molecule has 1 aromatic heterocycles. The van der Waals surface area contributed by atoms with Gasteiger partial charge in [0, 0.05) is 18.9 Å². The molecule has 2 heterocycles. The lowest BCUT2D eigenvalue weighted by molar-refractivity contribution is -0.136. The molecule has 1 saturated heterocycles. The largest absolute Gasteiger partial charge is 0.352 e. The molecule has 0 amide bonds. The molecule has 1 aromatic rings. The average molecular weight is 223 g/mol. The lowest BCUT2D eigenvalue weighted by Gasteiger charge is -2.17. The van der Waals surface area contributed by atoms with Crippen LogP contribution in [0, 0.1) is 6.92 Å². The molecule has 1 N–H and O–H groups in total. The molecule has 0 radical (unpaired) electrons. The van der Waals surface area contributed by atoms with Crippen LogP contribution in [0.1, 0.15) is 19.4 Å². The minimum atomic E-state index is -0.472. The second-order valence-electron chi connectivity index (χ2n) is 4.42. The lowest BCUT2D eigenvalue weighted by atomic mass is 10.3. The molecule has 2 rings (SSSR count). The number of rotatable bonds is 3. The molecule has 0 spiro atoms. The maximum absolute atomic E-state index is 5.65. The topological polar surface area (TPSA) is 56.3 Å². The fraction of sp³-hybridized carbons (Fsp3) is 0.636. The Morgan fingerprint density at radius 2 is 2.12 bits per heavy atom. The van der Waals surface area contributed by atoms with E-state index < -0.39 is 5.79 Å². The molecule has 1 unspecified atom stereocenters. The highest BCUT2D eigenvalue weighted by molar-refractivity contribution is 5.24. The number of hydrogen-bond acceptors (Lipinski definition) is 5. The van der Waals surface area contributed by atoms with Gasteiger partial charge in [-0.25, -0.2) is 9.97 Å². The van der Waals surface area contributed by atoms with Crippen LogP contribution >= 0.6 is 0 Å². The van der Waals surface area contributed by atoms with E-state index in [2.05, 4.69) is 15.3 Å². The molecule has 1 fully saturated rings. The summed E-state index contributed by atoms with van der Waals surface area (Å²) in [4.78, 5) is 8.31. The summed E-state index contributed by atoms with van der Waals surface area (Å²) in [5.74, 6) is 0.152. The summed E-state index contributed by atoms with van der Waals surface area (Å²) in [5, 5.41) is 3.12. The van der Waals surface area contributed by atoms with Gasteiger partial charge >= 0.3 is 0 Å². The highest BCUT2D eigenvalue weighted by atomic mass is 16.7. The predicted molar refractivity (Wildman–Crippen MR) is 60.2 cm³/mol. The zero-order valence-electron chi connectivity index (χ0n) is 9.86. The number of aromatic nitrogens is 2. The standard InChI is InChI=1S/C11H17N3O2/c1-8-4-12-10(13-5-8)14-6-9-7-15-11(2,3)16-9/h4-5,9H,6-7H2,1-3H3,(H,12,13,14). The van der Waals surface area contributed by atoms with E-state index in [1.165, 1.54) is 0 Å². The van der Waals surface area contributed by atoms with Gasteiger partial charge in [0.15, 0.2) is 5.79 Å². The summed E-state index contributed by atoms with van der Waals surface area (Å²) < 4.78 is 11.1. The van der Waals surface area contributed by atoms with E-state index in [0.29, 0.717) is 19.1 Å². The molecule has 0 aliphatic carbocycles. The van der Waals surface area contributed by atoms with E-state index in [9.17, 15) is 0 Å². The quantitative estimate of drug-likeness (QED) is 0.838. The van der Waals surface area contributed by atoms with Crippen LogP contribution < -0.4 is 5.32 Å². The highest BCUT2D eigenvalue weighted by Crippen LogP contribution is 2.22. The molecule has 88 valence electrons. The van der Waals surface area contributed by atoms with Crippen molar-refractivity contribution >= 4 is 5.95 Å². The third kappa shape index (κ3) is 2.90. The first-order valence-corrected chi connectivity index (χ1v) is 5.39. The average Bonchev–Trinajstić information content (AvgIpc) is 2.58. The smallest absolute Gasteiger partial charge is 0.222 e. The van der Waals surface area contributed by atoms with Crippen LogP contribution in [0.25, 0.3) is 0 Å². The Hall–Kier alpha value is -1.20. The van der Waals surface area contributed by atoms with Gasteiger partial charge < -0.3 is 14.8 Å². The molecule has 1 aliphatic heterocycles. The van der Waals surface area contributed by atoms with Crippen molar-refractivity contribution in [3.8, 4) is 0 Å². The van der Waals surface area contributed by atoms with Crippen molar-refractivity contribution in [2.75, 3.05) is 18.5 Å². The van der Waals surface area contributed by atoms with Crippen LogP contribution in [0.5, 0.6) is 0 Å². The first-order valence-electron chi connectivity index (χ1n) is 5.39. The van der Waals surface area contributed by atoms with Crippen molar-refractivity contribution in [2.24, 2.45) is 0 Å². The highest BCUT2D eigenvalue weighted by Gasteiger charge is 2.32. The Labute approximate surface area is 95.2 Å². The van der Waals surface area contributed by atoms with E-state index >= 15 is 0 Å². The van der Waals surface area contributed by atoms with E-state index in [1.54, 1.807) is 12.4 Å². The van der Waals surface area contributed by atoms with Crippen LogP contribution in [0.2, 0.25) is 0 Å². The molecule has 1 atom stereocenters. The van der Waals surface area contributed by atoms with Gasteiger partial charge in [0.05, 0.1) is 6.61 Å². The molecule has 5 heteroatoms. The number of ether oxygens (including phenoxy) is 2. The first-order chi connectivity index (χ1) is 7.55. The summed E-state index contributed by atoms with van der Waals surface area (Å²) in [7, 11) is 0. The number of hydrogen-bond donors (Lipinski definition) is 1. The van der Waals surface area contributed by atoms with E-state index in [-0.39, 0.29) is 6.10 Å². The van der Waals surface area contributed by atoms with Crippen molar-refractivity contribution in [1.29, 1.82) is 0 Å². The van der Waals surface area contributed by atoms with Crippen LogP contribution in [-0.4, -0.2) is 35.0 Å². The Bertz CT molecular complexity index is 351. The summed E-state index contributed by atoms with van der Waals surface area (Å²) in [6.07, 6.45) is 3.62. The van der Waals surface area contributed by atoms with Crippen molar-refractivity contribution in [2.45, 2.75) is 32.7 Å². The third-order valence-electron chi connectivity index (χ3n) is 2.34. The second-order valence-corrected chi connectivity index (χ2v) is 4.42. The second kappa shape index (κ2) is 4.35. The van der Waals surface area contributed by atoms with E-state index in [0.717, 1.165) is 5.56 Å². The third-order valence-corrected chi connectivity index (χ3v) is 2.34. The number of nitrogens with one attached hydrogen (secondary N) is 1. The number of anilines is 1. The van der Waals surface area contributed by atoms with Gasteiger partial charge in [-0.05, 0) is 26.3 Å². The van der Waals surface area contributed by atoms with Crippen molar-refractivity contribution in [3.63, 3.8) is 0 Å². The maximum Gasteiger partial charge on any atom is 0.222 e. The number of aryl methyl sites for hydroxylation is 1. The van der Waals surface area contributed by atoms with Crippen LogP contribution in [0.15, 0.2) is 12.4 Å². The number of nitrogens with zero attached hydrogens (tertiary/aromatic N) is 2. The van der Waals surface area contributed by atoms with Crippen molar-refractivity contribution in [1.82, 2.24) is 9.97 Å². The molecular formula is C11H17N3O2. The van der Waals surface area contributed by atoms with Gasteiger partial charge in [-0.3, -0.25) is 0 Å². The summed E-state index contributed by atoms with van der Waals surface area (Å²) in [5.41, 5.74) is 1.05. The Balaban J connectivity index is 1.82. The molecule has 0 saturated carbocycles. The van der Waals surface area contributed by atoms with Crippen LogP contribution in [0.4, 0.5) is 5.95 Å². The first kappa shape index (κ1) is 11.3. The van der Waals surface area contributed by atoms with Gasteiger partial charge in [-0.15, -0.1) is 0 Å². The molecule has 1 aliphatic rings. The van der Waals surface area contributed by atoms with Crippen LogP contribution in [0.3, 0.4) is 0 Å². The van der Waals surface area contributed by atoms with Crippen LogP contribution in [-0.2, 0) is 9.47 Å².